The average molecular weight is 195 g/mol. The monoisotopic (exact) mass is 195 g/mol. The maximum absolute atomic E-state index is 11.3. The maximum atomic E-state index is 11.3. The van der Waals surface area contributed by atoms with E-state index in [1.807, 2.05) is 6.07 Å². The van der Waals surface area contributed by atoms with Crippen LogP contribution in [0, 0.1) is 11.3 Å². The SMILES string of the molecule is CN(C)C=C(C#N)C(=O)NC=[N+](C)C. The summed E-state index contributed by atoms with van der Waals surface area (Å²) in [6.45, 7) is 0. The molecule has 5 heteroatoms. The van der Waals surface area contributed by atoms with Gasteiger partial charge in [0, 0.05) is 20.3 Å². The topological polar surface area (TPSA) is 59.1 Å². The van der Waals surface area contributed by atoms with Crippen LogP contribution in [0.4, 0.5) is 0 Å². The van der Waals surface area contributed by atoms with Gasteiger partial charge in [0.1, 0.15) is 6.07 Å². The highest BCUT2D eigenvalue weighted by Gasteiger charge is 2.11. The Hall–Kier alpha value is -1.83. The highest BCUT2D eigenvalue weighted by molar-refractivity contribution is 6.02. The van der Waals surface area contributed by atoms with Crippen molar-refractivity contribution in [2.24, 2.45) is 0 Å². The van der Waals surface area contributed by atoms with E-state index in [2.05, 4.69) is 5.32 Å². The van der Waals surface area contributed by atoms with Crippen LogP contribution in [0.1, 0.15) is 0 Å². The first-order valence-electron chi connectivity index (χ1n) is 4.06. The zero-order chi connectivity index (χ0) is 11.1. The second-order valence-corrected chi connectivity index (χ2v) is 3.18. The lowest BCUT2D eigenvalue weighted by Gasteiger charge is -2.03. The van der Waals surface area contributed by atoms with Crippen LogP contribution in [0.25, 0.3) is 0 Å². The Labute approximate surface area is 83.9 Å². The largest absolute Gasteiger partial charge is 0.382 e. The van der Waals surface area contributed by atoms with Crippen LogP contribution in [0.15, 0.2) is 11.8 Å². The molecular weight excluding hydrogens is 180 g/mol. The number of nitrogens with one attached hydrogen (secondary N) is 1. The number of carbonyl (C=O) groups is 1. The third-order valence-corrected chi connectivity index (χ3v) is 1.21. The fourth-order valence-electron chi connectivity index (χ4n) is 0.662. The number of nitriles is 1. The molecule has 0 fully saturated rings. The Morgan fingerprint density at radius 2 is 2.07 bits per heavy atom. The maximum Gasteiger partial charge on any atom is 0.350 e. The minimum Gasteiger partial charge on any atom is -0.382 e. The van der Waals surface area contributed by atoms with Gasteiger partial charge in [0.15, 0.2) is 5.57 Å². The fraction of sp³-hybridized carbons (Fsp3) is 0.444. The summed E-state index contributed by atoms with van der Waals surface area (Å²) in [7, 11) is 7.06. The Kier molecular flexibility index (Phi) is 5.00. The van der Waals surface area contributed by atoms with Gasteiger partial charge in [-0.3, -0.25) is 4.58 Å². The lowest BCUT2D eigenvalue weighted by molar-refractivity contribution is -0.461. The zero-order valence-electron chi connectivity index (χ0n) is 8.90. The Morgan fingerprint density at radius 3 is 2.43 bits per heavy atom. The minimum atomic E-state index is -0.407. The summed E-state index contributed by atoms with van der Waals surface area (Å²) in [5.74, 6) is -0.407. The summed E-state index contributed by atoms with van der Waals surface area (Å²) < 4.78 is 1.68. The van der Waals surface area contributed by atoms with Crippen molar-refractivity contribution < 1.29 is 9.37 Å². The molecule has 0 bridgehead atoms. The van der Waals surface area contributed by atoms with E-state index in [1.165, 1.54) is 12.5 Å². The van der Waals surface area contributed by atoms with Crippen LogP contribution in [0.5, 0.6) is 0 Å². The van der Waals surface area contributed by atoms with Crippen molar-refractivity contribution in [2.75, 3.05) is 28.2 Å². The van der Waals surface area contributed by atoms with Crippen molar-refractivity contribution in [2.45, 2.75) is 0 Å². The molecule has 0 aromatic heterocycles. The van der Waals surface area contributed by atoms with Crippen LogP contribution in [-0.2, 0) is 4.79 Å². The predicted octanol–water partition coefficient (Wildman–Crippen LogP) is -0.628. The van der Waals surface area contributed by atoms with E-state index in [0.29, 0.717) is 0 Å². The van der Waals surface area contributed by atoms with Gasteiger partial charge in [-0.2, -0.15) is 5.26 Å². The molecule has 0 aromatic carbocycles. The summed E-state index contributed by atoms with van der Waals surface area (Å²) in [6, 6.07) is 1.83. The molecule has 1 N–H and O–H groups in total. The molecular formula is C9H15N4O+. The first kappa shape index (κ1) is 12.2. The van der Waals surface area contributed by atoms with E-state index >= 15 is 0 Å². The summed E-state index contributed by atoms with van der Waals surface area (Å²) >= 11 is 0. The van der Waals surface area contributed by atoms with Gasteiger partial charge < -0.3 is 4.90 Å². The molecule has 0 heterocycles. The van der Waals surface area contributed by atoms with E-state index in [-0.39, 0.29) is 5.57 Å². The van der Waals surface area contributed by atoms with E-state index in [1.54, 1.807) is 37.7 Å². The molecule has 1 amide bonds. The first-order chi connectivity index (χ1) is 6.47. The van der Waals surface area contributed by atoms with E-state index in [0.717, 1.165) is 0 Å². The summed E-state index contributed by atoms with van der Waals surface area (Å²) in [5.41, 5.74) is 0.0769. The normalized spacial score (nSPS) is 10.1. The molecule has 0 aliphatic rings. The smallest absolute Gasteiger partial charge is 0.350 e. The molecule has 0 aromatic rings. The van der Waals surface area contributed by atoms with E-state index in [4.69, 9.17) is 5.26 Å². The molecule has 0 saturated heterocycles. The van der Waals surface area contributed by atoms with E-state index in [9.17, 15) is 4.79 Å². The summed E-state index contributed by atoms with van der Waals surface area (Å²) in [6.07, 6.45) is 2.96. The summed E-state index contributed by atoms with van der Waals surface area (Å²) in [4.78, 5) is 13.0. The second kappa shape index (κ2) is 5.75. The van der Waals surface area contributed by atoms with Gasteiger partial charge in [0.05, 0.1) is 14.1 Å². The lowest BCUT2D eigenvalue weighted by Crippen LogP contribution is -2.27. The van der Waals surface area contributed by atoms with Gasteiger partial charge in [-0.25, -0.2) is 10.1 Å². The average Bonchev–Trinajstić information content (AvgIpc) is 2.09. The van der Waals surface area contributed by atoms with Crippen LogP contribution >= 0.6 is 0 Å². The van der Waals surface area contributed by atoms with Crippen molar-refractivity contribution >= 4 is 12.2 Å². The molecule has 0 spiro atoms. The number of carbonyl (C=O) groups excluding carboxylic acids is 1. The number of nitrogens with zero attached hydrogens (tertiary/aromatic N) is 3. The number of rotatable bonds is 3. The highest BCUT2D eigenvalue weighted by atomic mass is 16.1. The fourth-order valence-corrected chi connectivity index (χ4v) is 0.662. The van der Waals surface area contributed by atoms with Gasteiger partial charge in [0.2, 0.25) is 6.34 Å². The quantitative estimate of drug-likeness (QED) is 0.214. The van der Waals surface area contributed by atoms with E-state index < -0.39 is 5.91 Å². The minimum absolute atomic E-state index is 0.0769. The van der Waals surface area contributed by atoms with Crippen molar-refractivity contribution in [3.05, 3.63) is 11.8 Å². The number of hydrogen-bond acceptors (Lipinski definition) is 3. The molecule has 0 rings (SSSR count). The molecule has 14 heavy (non-hydrogen) atoms. The molecule has 5 nitrogen and oxygen atoms in total. The molecule has 0 radical (unpaired) electrons. The van der Waals surface area contributed by atoms with Gasteiger partial charge in [-0.1, -0.05) is 0 Å². The lowest BCUT2D eigenvalue weighted by atomic mass is 10.3. The standard InChI is InChI=1S/C9H14N4O/c1-12(2)6-8(5-10)9(14)11-7-13(3)4/h6-7H,1-4H3/p+1. The van der Waals surface area contributed by atoms with Crippen molar-refractivity contribution in [1.82, 2.24) is 10.2 Å². The Morgan fingerprint density at radius 1 is 1.50 bits per heavy atom. The second-order valence-electron chi connectivity index (χ2n) is 3.18. The third kappa shape index (κ3) is 4.93. The number of amides is 1. The molecule has 0 atom stereocenters. The van der Waals surface area contributed by atoms with Gasteiger partial charge >= 0.3 is 5.91 Å². The predicted molar refractivity (Wildman–Crippen MR) is 53.7 cm³/mol. The van der Waals surface area contributed by atoms with Crippen LogP contribution in [0.3, 0.4) is 0 Å². The molecule has 0 unspecified atom stereocenters. The van der Waals surface area contributed by atoms with Crippen molar-refractivity contribution in [3.8, 4) is 6.07 Å². The first-order valence-corrected chi connectivity index (χ1v) is 4.06. The van der Waals surface area contributed by atoms with Crippen LogP contribution in [0.2, 0.25) is 0 Å². The van der Waals surface area contributed by atoms with Crippen LogP contribution < -0.4 is 5.32 Å². The third-order valence-electron chi connectivity index (χ3n) is 1.21. The Bertz CT molecular complexity index is 305. The highest BCUT2D eigenvalue weighted by Crippen LogP contribution is 1.92. The van der Waals surface area contributed by atoms with Gasteiger partial charge in [-0.05, 0) is 0 Å². The van der Waals surface area contributed by atoms with Crippen molar-refractivity contribution in [1.29, 1.82) is 5.26 Å². The van der Waals surface area contributed by atoms with Crippen LogP contribution in [-0.4, -0.2) is 49.9 Å². The molecule has 76 valence electrons. The molecule has 0 saturated carbocycles. The molecule has 0 aliphatic heterocycles. The molecule has 0 aliphatic carbocycles. The van der Waals surface area contributed by atoms with Gasteiger partial charge in [-0.15, -0.1) is 0 Å². The summed E-state index contributed by atoms with van der Waals surface area (Å²) in [5, 5.41) is 11.2. The van der Waals surface area contributed by atoms with Gasteiger partial charge in [0.25, 0.3) is 0 Å². The van der Waals surface area contributed by atoms with Crippen molar-refractivity contribution in [3.63, 3.8) is 0 Å². The number of hydrogen-bond donors (Lipinski definition) is 1. The Balaban J connectivity index is 4.51. The zero-order valence-corrected chi connectivity index (χ0v) is 8.90.